The second-order valence-electron chi connectivity index (χ2n) is 9.76. The van der Waals surface area contributed by atoms with Crippen LogP contribution in [0.25, 0.3) is 11.4 Å². The summed E-state index contributed by atoms with van der Waals surface area (Å²) >= 11 is 0. The summed E-state index contributed by atoms with van der Waals surface area (Å²) in [7, 11) is -1.11. The molecule has 0 unspecified atom stereocenters. The lowest BCUT2D eigenvalue weighted by molar-refractivity contribution is 0.0593. The first-order chi connectivity index (χ1) is 15.3. The fraction of sp³-hybridized carbons (Fsp3) is 0.565. The zero-order valence-corrected chi connectivity index (χ0v) is 21.2. The van der Waals surface area contributed by atoms with E-state index in [1.54, 1.807) is 24.6 Å². The Balaban J connectivity index is 2.20. The first kappa shape index (κ1) is 25.0. The molecule has 0 amide bonds. The molecule has 180 valence electrons. The minimum absolute atomic E-state index is 0.0403. The lowest BCUT2D eigenvalue weighted by Gasteiger charge is -2.34. The Bertz CT molecular complexity index is 1140. The fourth-order valence-corrected chi connectivity index (χ4v) is 4.14. The van der Waals surface area contributed by atoms with Crippen LogP contribution in [0.5, 0.6) is 0 Å². The van der Waals surface area contributed by atoms with Crippen LogP contribution in [0.2, 0.25) is 0 Å². The van der Waals surface area contributed by atoms with Gasteiger partial charge in [0.1, 0.15) is 11.5 Å². The molecular formula is C23H33N5O4S. The van der Waals surface area contributed by atoms with Gasteiger partial charge in [0.25, 0.3) is 0 Å². The molecule has 3 heterocycles. The average molecular weight is 476 g/mol. The van der Waals surface area contributed by atoms with Crippen LogP contribution in [-0.4, -0.2) is 70.6 Å². The number of aromatic nitrogens is 3. The van der Waals surface area contributed by atoms with Crippen molar-refractivity contribution in [1.29, 1.82) is 0 Å². The van der Waals surface area contributed by atoms with Crippen molar-refractivity contribution in [3.63, 3.8) is 0 Å². The molecule has 0 aromatic carbocycles. The molecule has 2 aromatic rings. The molecule has 33 heavy (non-hydrogen) atoms. The molecule has 10 heteroatoms. The van der Waals surface area contributed by atoms with E-state index < -0.39 is 15.7 Å². The highest BCUT2D eigenvalue weighted by molar-refractivity contribution is 7.92. The van der Waals surface area contributed by atoms with Gasteiger partial charge in [-0.1, -0.05) is 20.8 Å². The summed E-state index contributed by atoms with van der Waals surface area (Å²) in [4.78, 5) is 28.3. The largest absolute Gasteiger partial charge is 0.464 e. The van der Waals surface area contributed by atoms with Crippen LogP contribution in [0.3, 0.4) is 0 Å². The standard InChI is InChI=1S/C23H33N5O4S/c1-15-14-32-9-8-28(15)20-12-19(27-33(6,7)30)25-21(26-20)16-10-17(13-23(2,3)4)24-18(11-16)22(29)31-5/h10-12,15H,8-9,13-14H2,1-7H3/t15-/m1/s1. The third-order valence-electron chi connectivity index (χ3n) is 4.92. The van der Waals surface area contributed by atoms with Crippen molar-refractivity contribution >= 4 is 27.3 Å². The molecule has 2 aromatic heterocycles. The molecule has 1 saturated heterocycles. The Morgan fingerprint density at radius 1 is 1.24 bits per heavy atom. The molecule has 0 radical (unpaired) electrons. The van der Waals surface area contributed by atoms with E-state index in [2.05, 4.69) is 46.9 Å². The molecule has 3 rings (SSSR count). The normalized spacial score (nSPS) is 17.1. The zero-order chi connectivity index (χ0) is 24.4. The van der Waals surface area contributed by atoms with Gasteiger partial charge < -0.3 is 14.4 Å². The van der Waals surface area contributed by atoms with Crippen LogP contribution in [0.1, 0.15) is 43.9 Å². The van der Waals surface area contributed by atoms with Crippen LogP contribution in [0.4, 0.5) is 11.6 Å². The van der Waals surface area contributed by atoms with E-state index >= 15 is 0 Å². The summed E-state index contributed by atoms with van der Waals surface area (Å²) in [5.41, 5.74) is 1.52. The van der Waals surface area contributed by atoms with Gasteiger partial charge in [0.15, 0.2) is 11.6 Å². The first-order valence-corrected chi connectivity index (χ1v) is 13.2. The smallest absolute Gasteiger partial charge is 0.356 e. The molecule has 1 aliphatic rings. The molecule has 0 N–H and O–H groups in total. The Kier molecular flexibility index (Phi) is 7.38. The Morgan fingerprint density at radius 2 is 1.97 bits per heavy atom. The number of rotatable bonds is 5. The van der Waals surface area contributed by atoms with Gasteiger partial charge in [0.05, 0.1) is 26.4 Å². The number of methoxy groups -OCH3 is 1. The molecular weight excluding hydrogens is 442 g/mol. The van der Waals surface area contributed by atoms with E-state index in [9.17, 15) is 9.00 Å². The number of anilines is 1. The van der Waals surface area contributed by atoms with Crippen molar-refractivity contribution in [3.8, 4) is 11.4 Å². The molecule has 0 spiro atoms. The number of esters is 1. The maximum atomic E-state index is 12.4. The molecule has 9 nitrogen and oxygen atoms in total. The lowest BCUT2D eigenvalue weighted by atomic mass is 9.90. The molecule has 1 aliphatic heterocycles. The van der Waals surface area contributed by atoms with Crippen molar-refractivity contribution in [2.75, 3.05) is 44.3 Å². The van der Waals surface area contributed by atoms with E-state index in [0.29, 0.717) is 49.2 Å². The van der Waals surface area contributed by atoms with Gasteiger partial charge in [0.2, 0.25) is 0 Å². The molecule has 1 atom stereocenters. The number of carbonyl (C=O) groups is 1. The van der Waals surface area contributed by atoms with Gasteiger partial charge in [-0.25, -0.2) is 24.0 Å². The van der Waals surface area contributed by atoms with E-state index in [-0.39, 0.29) is 17.2 Å². The number of nitrogens with zero attached hydrogens (tertiary/aromatic N) is 5. The van der Waals surface area contributed by atoms with Crippen LogP contribution in [-0.2, 0) is 25.6 Å². The topological polar surface area (TPSA) is 107 Å². The second kappa shape index (κ2) is 9.72. The molecule has 0 saturated carbocycles. The van der Waals surface area contributed by atoms with E-state index in [4.69, 9.17) is 14.5 Å². The predicted molar refractivity (Wildman–Crippen MR) is 129 cm³/mol. The summed E-state index contributed by atoms with van der Waals surface area (Å²) in [6.07, 6.45) is 3.78. The fourth-order valence-electron chi connectivity index (χ4n) is 3.60. The molecule has 0 aliphatic carbocycles. The van der Waals surface area contributed by atoms with Crippen molar-refractivity contribution in [2.45, 2.75) is 40.2 Å². The first-order valence-electron chi connectivity index (χ1n) is 10.8. The summed E-state index contributed by atoms with van der Waals surface area (Å²) < 4.78 is 27.2. The minimum atomic E-state index is -2.44. The van der Waals surface area contributed by atoms with Gasteiger partial charge >= 0.3 is 5.97 Å². The highest BCUT2D eigenvalue weighted by Crippen LogP contribution is 2.29. The number of hydrogen-bond acceptors (Lipinski definition) is 9. The van der Waals surface area contributed by atoms with Crippen LogP contribution >= 0.6 is 0 Å². The van der Waals surface area contributed by atoms with E-state index in [0.717, 1.165) is 5.69 Å². The van der Waals surface area contributed by atoms with Gasteiger partial charge in [-0.2, -0.15) is 4.36 Å². The van der Waals surface area contributed by atoms with Crippen LogP contribution in [0, 0.1) is 5.41 Å². The van der Waals surface area contributed by atoms with Crippen LogP contribution in [0.15, 0.2) is 22.6 Å². The summed E-state index contributed by atoms with van der Waals surface area (Å²) in [5, 5.41) is 0. The number of ether oxygens (including phenoxy) is 2. The summed E-state index contributed by atoms with van der Waals surface area (Å²) in [6, 6.07) is 5.37. The highest BCUT2D eigenvalue weighted by Gasteiger charge is 2.23. The van der Waals surface area contributed by atoms with E-state index in [1.165, 1.54) is 7.11 Å². The highest BCUT2D eigenvalue weighted by atomic mass is 32.2. The molecule has 0 bridgehead atoms. The summed E-state index contributed by atoms with van der Waals surface area (Å²) in [6.45, 7) is 10.2. The average Bonchev–Trinajstić information content (AvgIpc) is 2.70. The van der Waals surface area contributed by atoms with Crippen molar-refractivity contribution in [1.82, 2.24) is 15.0 Å². The maximum absolute atomic E-state index is 12.4. The summed E-state index contributed by atoms with van der Waals surface area (Å²) in [5.74, 6) is 0.862. The monoisotopic (exact) mass is 475 g/mol. The minimum Gasteiger partial charge on any atom is -0.464 e. The number of carbonyl (C=O) groups excluding carboxylic acids is 1. The quantitative estimate of drug-likeness (QED) is 0.605. The van der Waals surface area contributed by atoms with Gasteiger partial charge in [-0.15, -0.1) is 0 Å². The number of pyridine rings is 1. The lowest BCUT2D eigenvalue weighted by Crippen LogP contribution is -2.44. The third-order valence-corrected chi connectivity index (χ3v) is 5.54. The number of morpholine rings is 1. The SMILES string of the molecule is COC(=O)c1cc(-c2nc(N=S(C)(C)=O)cc(N3CCOC[C@H]3C)n2)cc(CC(C)(C)C)n1. The predicted octanol–water partition coefficient (Wildman–Crippen LogP) is 3.50. The Hall–Kier alpha value is -2.59. The molecule has 1 fully saturated rings. The van der Waals surface area contributed by atoms with Crippen molar-refractivity contribution < 1.29 is 18.5 Å². The third kappa shape index (κ3) is 6.94. The maximum Gasteiger partial charge on any atom is 0.356 e. The zero-order valence-electron chi connectivity index (χ0n) is 20.4. The Labute approximate surface area is 196 Å². The Morgan fingerprint density at radius 3 is 2.58 bits per heavy atom. The van der Waals surface area contributed by atoms with Crippen molar-refractivity contribution in [3.05, 3.63) is 29.6 Å². The van der Waals surface area contributed by atoms with Crippen molar-refractivity contribution in [2.24, 2.45) is 9.78 Å². The van der Waals surface area contributed by atoms with E-state index in [1.807, 2.05) is 6.07 Å². The number of hydrogen-bond donors (Lipinski definition) is 0. The van der Waals surface area contributed by atoms with Gasteiger partial charge in [0, 0.05) is 46.1 Å². The second-order valence-corrected chi connectivity index (χ2v) is 12.3. The van der Waals surface area contributed by atoms with Crippen LogP contribution < -0.4 is 4.90 Å². The van der Waals surface area contributed by atoms with Gasteiger partial charge in [-0.3, -0.25) is 0 Å². The van der Waals surface area contributed by atoms with Gasteiger partial charge in [-0.05, 0) is 30.9 Å².